The average molecular weight is 336 g/mol. The largest absolute Gasteiger partial charge is 0.391 e. The summed E-state index contributed by atoms with van der Waals surface area (Å²) in [7, 11) is 0. The molecule has 0 saturated carbocycles. The van der Waals surface area contributed by atoms with Crippen LogP contribution >= 0.6 is 11.6 Å². The number of carbonyl (C=O) groups is 1. The Labute approximate surface area is 139 Å². The van der Waals surface area contributed by atoms with Crippen molar-refractivity contribution in [3.63, 3.8) is 0 Å². The second-order valence-corrected chi connectivity index (χ2v) is 6.19. The van der Waals surface area contributed by atoms with E-state index in [-0.39, 0.29) is 11.8 Å². The van der Waals surface area contributed by atoms with Crippen molar-refractivity contribution in [3.8, 4) is 0 Å². The number of hydrogen-bond acceptors (Lipinski definition) is 5. The molecular formula is C16H18ClN3O3. The van der Waals surface area contributed by atoms with Crippen LogP contribution in [0.5, 0.6) is 0 Å². The van der Waals surface area contributed by atoms with Crippen molar-refractivity contribution in [3.05, 3.63) is 47.1 Å². The molecule has 2 aromatic rings. The number of aryl methyl sites for hydroxylation is 1. The van der Waals surface area contributed by atoms with Crippen molar-refractivity contribution in [2.75, 3.05) is 13.1 Å². The molecular weight excluding hydrogens is 318 g/mol. The third-order valence-electron chi connectivity index (χ3n) is 4.12. The number of rotatable bonds is 5. The van der Waals surface area contributed by atoms with Crippen molar-refractivity contribution in [1.82, 2.24) is 15.0 Å². The molecule has 23 heavy (non-hydrogen) atoms. The predicted octanol–water partition coefficient (Wildman–Crippen LogP) is 1.72. The summed E-state index contributed by atoms with van der Waals surface area (Å²) in [4.78, 5) is 18.0. The van der Waals surface area contributed by atoms with E-state index < -0.39 is 6.10 Å². The van der Waals surface area contributed by atoms with Gasteiger partial charge in [0.1, 0.15) is 5.76 Å². The maximum absolute atomic E-state index is 12.3. The summed E-state index contributed by atoms with van der Waals surface area (Å²) in [5.74, 6) is 0.659. The molecule has 1 saturated heterocycles. The minimum atomic E-state index is -0.494. The third-order valence-corrected chi connectivity index (χ3v) is 4.30. The first kappa shape index (κ1) is 16.0. The van der Waals surface area contributed by atoms with Crippen LogP contribution in [-0.4, -0.2) is 45.2 Å². The van der Waals surface area contributed by atoms with Gasteiger partial charge in [0.05, 0.1) is 6.10 Å². The van der Waals surface area contributed by atoms with Gasteiger partial charge in [-0.15, -0.1) is 0 Å². The molecule has 3 heterocycles. The lowest BCUT2D eigenvalue weighted by atomic mass is 9.97. The Bertz CT molecular complexity index is 662. The van der Waals surface area contributed by atoms with Crippen LogP contribution in [0.3, 0.4) is 0 Å². The highest BCUT2D eigenvalue weighted by Crippen LogP contribution is 2.22. The molecule has 1 aliphatic rings. The summed E-state index contributed by atoms with van der Waals surface area (Å²) in [6.07, 6.45) is 4.50. The number of likely N-dealkylation sites (tertiary alicyclic amines) is 1. The molecule has 6 nitrogen and oxygen atoms in total. The molecule has 0 radical (unpaired) electrons. The molecule has 2 aromatic heterocycles. The Morgan fingerprint density at radius 3 is 2.87 bits per heavy atom. The minimum Gasteiger partial charge on any atom is -0.391 e. The zero-order valence-corrected chi connectivity index (χ0v) is 13.3. The molecule has 1 amide bonds. The zero-order chi connectivity index (χ0) is 16.2. The number of β-amino-alcohol motifs (C(OH)–C–C–N with tert-alkyl or cyclic N) is 1. The van der Waals surface area contributed by atoms with Gasteiger partial charge in [-0.25, -0.2) is 0 Å². The molecule has 0 unspecified atom stereocenters. The zero-order valence-electron chi connectivity index (χ0n) is 12.6. The van der Waals surface area contributed by atoms with Gasteiger partial charge in [-0.05, 0) is 24.1 Å². The number of halogens is 1. The van der Waals surface area contributed by atoms with E-state index >= 15 is 0 Å². The molecule has 1 aliphatic heterocycles. The van der Waals surface area contributed by atoms with Crippen LogP contribution in [0.25, 0.3) is 0 Å². The van der Waals surface area contributed by atoms with E-state index in [0.717, 1.165) is 12.0 Å². The topological polar surface area (TPSA) is 79.5 Å². The molecule has 0 aliphatic carbocycles. The first-order valence-electron chi connectivity index (χ1n) is 7.57. The van der Waals surface area contributed by atoms with Gasteiger partial charge in [-0.3, -0.25) is 9.78 Å². The van der Waals surface area contributed by atoms with E-state index in [1.165, 1.54) is 0 Å². The fraction of sp³-hybridized carbons (Fsp3) is 0.438. The maximum Gasteiger partial charge on any atom is 0.223 e. The molecule has 122 valence electrons. The Kier molecular flexibility index (Phi) is 4.93. The van der Waals surface area contributed by atoms with E-state index in [1.54, 1.807) is 23.4 Å². The summed E-state index contributed by atoms with van der Waals surface area (Å²) in [5.41, 5.74) is 1.12. The summed E-state index contributed by atoms with van der Waals surface area (Å²) in [6.45, 7) is 0.950. The lowest BCUT2D eigenvalue weighted by Gasteiger charge is -2.15. The lowest BCUT2D eigenvalue weighted by molar-refractivity contribution is -0.130. The third kappa shape index (κ3) is 4.09. The quantitative estimate of drug-likeness (QED) is 0.900. The Hall–Kier alpha value is -1.92. The van der Waals surface area contributed by atoms with Crippen LogP contribution in [0, 0.1) is 5.92 Å². The van der Waals surface area contributed by atoms with Gasteiger partial charge in [-0.1, -0.05) is 16.8 Å². The second kappa shape index (κ2) is 7.10. The number of amides is 1. The van der Waals surface area contributed by atoms with E-state index in [4.69, 9.17) is 16.1 Å². The maximum atomic E-state index is 12.3. The minimum absolute atomic E-state index is 0.00815. The first-order valence-corrected chi connectivity index (χ1v) is 7.95. The highest BCUT2D eigenvalue weighted by Gasteiger charge is 2.33. The van der Waals surface area contributed by atoms with E-state index in [1.807, 2.05) is 12.1 Å². The van der Waals surface area contributed by atoms with Gasteiger partial charge in [0.2, 0.25) is 5.91 Å². The number of hydrogen-bond donors (Lipinski definition) is 1. The summed E-state index contributed by atoms with van der Waals surface area (Å²) in [6, 6.07) is 5.48. The molecule has 1 N–H and O–H groups in total. The van der Waals surface area contributed by atoms with Crippen LogP contribution in [0.15, 0.2) is 35.1 Å². The second-order valence-electron chi connectivity index (χ2n) is 5.80. The highest BCUT2D eigenvalue weighted by molar-refractivity contribution is 6.29. The van der Waals surface area contributed by atoms with E-state index in [0.29, 0.717) is 36.8 Å². The summed E-state index contributed by atoms with van der Waals surface area (Å²) >= 11 is 5.68. The van der Waals surface area contributed by atoms with Crippen molar-refractivity contribution < 1.29 is 14.4 Å². The monoisotopic (exact) mass is 335 g/mol. The van der Waals surface area contributed by atoms with Gasteiger partial charge in [0, 0.05) is 50.3 Å². The number of aromatic nitrogens is 2. The molecule has 0 bridgehead atoms. The number of pyridine rings is 1. The van der Waals surface area contributed by atoms with Gasteiger partial charge in [0.15, 0.2) is 5.15 Å². The summed E-state index contributed by atoms with van der Waals surface area (Å²) in [5, 5.41) is 14.1. The predicted molar refractivity (Wildman–Crippen MR) is 83.9 cm³/mol. The number of carbonyl (C=O) groups excluding carboxylic acids is 1. The normalized spacial score (nSPS) is 20.9. The van der Waals surface area contributed by atoms with Crippen LogP contribution in [0.2, 0.25) is 5.15 Å². The lowest BCUT2D eigenvalue weighted by Crippen LogP contribution is -2.29. The molecule has 7 heteroatoms. The Morgan fingerprint density at radius 1 is 1.39 bits per heavy atom. The van der Waals surface area contributed by atoms with Crippen molar-refractivity contribution in [2.24, 2.45) is 5.92 Å². The molecule has 0 spiro atoms. The molecule has 0 aromatic carbocycles. The van der Waals surface area contributed by atoms with Crippen LogP contribution < -0.4 is 0 Å². The Balaban J connectivity index is 1.52. The van der Waals surface area contributed by atoms with E-state index in [9.17, 15) is 9.90 Å². The van der Waals surface area contributed by atoms with Crippen molar-refractivity contribution >= 4 is 17.5 Å². The molecule has 3 rings (SSSR count). The van der Waals surface area contributed by atoms with Crippen LogP contribution in [0.1, 0.15) is 17.7 Å². The standard InChI is InChI=1S/C16H18ClN3O3/c17-15-8-13(23-19-15)1-2-16(22)20-9-12(14(21)10-20)7-11-3-5-18-6-4-11/h3-6,8,12,14,21H,1-2,7,9-10H2/t12-,14+/m1/s1. The fourth-order valence-corrected chi connectivity index (χ4v) is 3.03. The van der Waals surface area contributed by atoms with Crippen molar-refractivity contribution in [2.45, 2.75) is 25.4 Å². The van der Waals surface area contributed by atoms with Gasteiger partial charge >= 0.3 is 0 Å². The number of nitrogens with zero attached hydrogens (tertiary/aromatic N) is 3. The molecule has 2 atom stereocenters. The van der Waals surface area contributed by atoms with Crippen molar-refractivity contribution in [1.29, 1.82) is 0 Å². The highest BCUT2D eigenvalue weighted by atomic mass is 35.5. The number of aliphatic hydroxyl groups excluding tert-OH is 1. The number of aliphatic hydroxyl groups is 1. The first-order chi connectivity index (χ1) is 11.1. The van der Waals surface area contributed by atoms with E-state index in [2.05, 4.69) is 10.1 Å². The van der Waals surface area contributed by atoms with Gasteiger partial charge < -0.3 is 14.5 Å². The SMILES string of the molecule is O=C(CCc1cc(Cl)no1)N1C[C@@H](Cc2ccncc2)[C@@H](O)C1. The molecule has 1 fully saturated rings. The average Bonchev–Trinajstić information content (AvgIpc) is 3.12. The Morgan fingerprint density at radius 2 is 2.17 bits per heavy atom. The smallest absolute Gasteiger partial charge is 0.223 e. The fourth-order valence-electron chi connectivity index (χ4n) is 2.87. The van der Waals surface area contributed by atoms with Crippen LogP contribution in [0.4, 0.5) is 0 Å². The van der Waals surface area contributed by atoms with Gasteiger partial charge in [-0.2, -0.15) is 0 Å². The summed E-state index contributed by atoms with van der Waals surface area (Å²) < 4.78 is 4.99. The van der Waals surface area contributed by atoms with Crippen LogP contribution in [-0.2, 0) is 17.6 Å². The van der Waals surface area contributed by atoms with Gasteiger partial charge in [0.25, 0.3) is 0 Å².